The lowest BCUT2D eigenvalue weighted by Gasteiger charge is -2.26. The number of morpholine rings is 1. The number of ether oxygens (including phenoxy) is 3. The highest BCUT2D eigenvalue weighted by molar-refractivity contribution is 5.97. The molecule has 3 aromatic rings. The maximum Gasteiger partial charge on any atom is 0.281 e. The van der Waals surface area contributed by atoms with Gasteiger partial charge < -0.3 is 24.8 Å². The van der Waals surface area contributed by atoms with Crippen LogP contribution in [0.4, 0.5) is 11.6 Å². The first-order chi connectivity index (χ1) is 19.4. The number of pyridine rings is 1. The number of rotatable bonds is 9. The molecule has 2 amide bonds. The van der Waals surface area contributed by atoms with E-state index in [-0.39, 0.29) is 23.0 Å². The second-order valence-corrected chi connectivity index (χ2v) is 9.98. The maximum absolute atomic E-state index is 13.1. The Morgan fingerprint density at radius 2 is 2.00 bits per heavy atom. The molecule has 2 aliphatic rings. The fourth-order valence-corrected chi connectivity index (χ4v) is 4.66. The predicted molar refractivity (Wildman–Crippen MR) is 150 cm³/mol. The van der Waals surface area contributed by atoms with E-state index in [0.29, 0.717) is 42.5 Å². The van der Waals surface area contributed by atoms with E-state index in [0.717, 1.165) is 50.5 Å². The molecule has 0 aliphatic carbocycles. The Balaban J connectivity index is 1.39. The molecule has 0 bridgehead atoms. The van der Waals surface area contributed by atoms with E-state index in [1.54, 1.807) is 33.1 Å². The van der Waals surface area contributed by atoms with E-state index in [1.807, 2.05) is 16.7 Å². The number of nitrogens with one attached hydrogen (secondary N) is 2. The summed E-state index contributed by atoms with van der Waals surface area (Å²) < 4.78 is 19.1. The van der Waals surface area contributed by atoms with E-state index in [1.165, 1.54) is 6.20 Å². The first kappa shape index (κ1) is 27.5. The minimum atomic E-state index is -0.489. The van der Waals surface area contributed by atoms with E-state index in [9.17, 15) is 9.59 Å². The van der Waals surface area contributed by atoms with Crippen LogP contribution in [0.25, 0.3) is 10.9 Å². The van der Waals surface area contributed by atoms with Crippen molar-refractivity contribution in [2.45, 2.75) is 26.8 Å². The van der Waals surface area contributed by atoms with Gasteiger partial charge in [-0.3, -0.25) is 19.1 Å². The smallest absolute Gasteiger partial charge is 0.281 e. The zero-order valence-corrected chi connectivity index (χ0v) is 23.1. The van der Waals surface area contributed by atoms with Crippen LogP contribution >= 0.6 is 0 Å². The summed E-state index contributed by atoms with van der Waals surface area (Å²) in [5.41, 5.74) is 1.11. The van der Waals surface area contributed by atoms with Gasteiger partial charge in [0, 0.05) is 50.2 Å². The van der Waals surface area contributed by atoms with Crippen molar-refractivity contribution in [3.8, 4) is 11.5 Å². The van der Waals surface area contributed by atoms with Crippen LogP contribution < -0.4 is 25.7 Å². The Hall–Kier alpha value is -4.03. The summed E-state index contributed by atoms with van der Waals surface area (Å²) in [5.74, 6) is 1.47. The van der Waals surface area contributed by atoms with Gasteiger partial charge in [0.15, 0.2) is 11.5 Å². The van der Waals surface area contributed by atoms with Crippen LogP contribution in [0.5, 0.6) is 11.5 Å². The molecule has 0 saturated carbocycles. The van der Waals surface area contributed by atoms with E-state index in [4.69, 9.17) is 19.2 Å². The zero-order chi connectivity index (χ0) is 28.1. The average molecular weight is 550 g/mol. The third kappa shape index (κ3) is 6.07. The van der Waals surface area contributed by atoms with Crippen LogP contribution in [0.3, 0.4) is 0 Å². The monoisotopic (exact) mass is 549 g/mol. The molecule has 4 heterocycles. The van der Waals surface area contributed by atoms with Crippen molar-refractivity contribution in [3.63, 3.8) is 0 Å². The molecule has 2 aliphatic heterocycles. The molecule has 1 fully saturated rings. The summed E-state index contributed by atoms with van der Waals surface area (Å²) in [5, 5.41) is 6.95. The molecule has 1 aromatic carbocycles. The largest absolute Gasteiger partial charge is 0.491 e. The second kappa shape index (κ2) is 12.4. The number of methoxy groups -OCH3 is 1. The molecule has 12 nitrogen and oxygen atoms in total. The van der Waals surface area contributed by atoms with E-state index in [2.05, 4.69) is 25.5 Å². The van der Waals surface area contributed by atoms with Crippen molar-refractivity contribution in [3.05, 3.63) is 41.6 Å². The van der Waals surface area contributed by atoms with Crippen molar-refractivity contribution < 1.29 is 23.8 Å². The number of benzene rings is 1. The fraction of sp³-hybridized carbons (Fsp3) is 0.464. The number of hydrogen-bond acceptors (Lipinski definition) is 9. The maximum atomic E-state index is 13.1. The summed E-state index contributed by atoms with van der Waals surface area (Å²) >= 11 is 0. The standard InChI is InChI=1S/C28H35N7O5/c1-18(2)26(36)31-22-8-5-19(17-30-22)27(37)33-28-32-23-20(25-29-9-11-35(25)28)6-7-21(24(23)38-3)40-14-4-10-34-12-15-39-16-13-34/h5-8,17-18,29H,4,9-16H2,1-3H3,(H,30,31,36). The zero-order valence-electron chi connectivity index (χ0n) is 23.1. The highest BCUT2D eigenvalue weighted by Gasteiger charge is 2.21. The van der Waals surface area contributed by atoms with Gasteiger partial charge >= 0.3 is 0 Å². The Kier molecular flexibility index (Phi) is 8.56. The number of fused-ring (bicyclic) bond motifs is 3. The van der Waals surface area contributed by atoms with Gasteiger partial charge in [-0.15, -0.1) is 0 Å². The second-order valence-electron chi connectivity index (χ2n) is 9.98. The van der Waals surface area contributed by atoms with Crippen molar-refractivity contribution in [2.75, 3.05) is 63.7 Å². The number of carbonyl (C=O) groups excluding carboxylic acids is 2. The summed E-state index contributed by atoms with van der Waals surface area (Å²) in [6, 6.07) is 7.02. The Morgan fingerprint density at radius 3 is 2.73 bits per heavy atom. The van der Waals surface area contributed by atoms with Crippen LogP contribution in [-0.4, -0.2) is 84.4 Å². The molecular formula is C28H35N7O5. The van der Waals surface area contributed by atoms with Crippen molar-refractivity contribution in [2.24, 2.45) is 10.9 Å². The summed E-state index contributed by atoms with van der Waals surface area (Å²) in [6.45, 7) is 9.80. The van der Waals surface area contributed by atoms with Gasteiger partial charge in [0.05, 0.1) is 32.5 Å². The number of carbonyl (C=O) groups is 2. The topological polar surface area (TPSA) is 132 Å². The molecule has 0 unspecified atom stereocenters. The average Bonchev–Trinajstić information content (AvgIpc) is 3.47. The molecule has 0 spiro atoms. The molecule has 0 radical (unpaired) electrons. The van der Waals surface area contributed by atoms with Gasteiger partial charge in [-0.25, -0.2) is 9.97 Å². The molecule has 212 valence electrons. The fourth-order valence-electron chi connectivity index (χ4n) is 4.66. The number of amides is 2. The molecule has 40 heavy (non-hydrogen) atoms. The van der Waals surface area contributed by atoms with Gasteiger partial charge in [0.1, 0.15) is 17.2 Å². The summed E-state index contributed by atoms with van der Waals surface area (Å²) in [6.07, 6.45) is 2.27. The van der Waals surface area contributed by atoms with Crippen LogP contribution in [0.2, 0.25) is 0 Å². The van der Waals surface area contributed by atoms with Crippen molar-refractivity contribution in [1.29, 1.82) is 0 Å². The Morgan fingerprint density at radius 1 is 1.18 bits per heavy atom. The third-order valence-corrected chi connectivity index (χ3v) is 6.87. The summed E-state index contributed by atoms with van der Waals surface area (Å²) in [4.78, 5) is 40.7. The summed E-state index contributed by atoms with van der Waals surface area (Å²) in [7, 11) is 1.58. The molecular weight excluding hydrogens is 514 g/mol. The molecule has 2 aromatic heterocycles. The molecule has 12 heteroatoms. The minimum Gasteiger partial charge on any atom is -0.491 e. The SMILES string of the molecule is COc1c(OCCCN2CCOCC2)ccc2c3n(c(=NC(=O)c4ccc(NC(=O)C(C)C)nc4)nc12)CCN3. The first-order valence-corrected chi connectivity index (χ1v) is 13.6. The number of nitrogens with zero attached hydrogens (tertiary/aromatic N) is 5. The van der Waals surface area contributed by atoms with Gasteiger partial charge in [0.2, 0.25) is 11.5 Å². The number of hydrogen-bond donors (Lipinski definition) is 2. The molecule has 1 saturated heterocycles. The lowest BCUT2D eigenvalue weighted by Crippen LogP contribution is -2.37. The third-order valence-electron chi connectivity index (χ3n) is 6.87. The normalized spacial score (nSPS) is 15.7. The van der Waals surface area contributed by atoms with Crippen LogP contribution in [0.1, 0.15) is 30.6 Å². The van der Waals surface area contributed by atoms with Crippen LogP contribution in [0.15, 0.2) is 35.5 Å². The predicted octanol–water partition coefficient (Wildman–Crippen LogP) is 2.30. The highest BCUT2D eigenvalue weighted by Crippen LogP contribution is 2.37. The quantitative estimate of drug-likeness (QED) is 0.386. The minimum absolute atomic E-state index is 0.148. The molecule has 0 atom stereocenters. The van der Waals surface area contributed by atoms with Crippen molar-refractivity contribution >= 4 is 34.4 Å². The lowest BCUT2D eigenvalue weighted by atomic mass is 10.2. The lowest BCUT2D eigenvalue weighted by molar-refractivity contribution is -0.118. The molecule has 5 rings (SSSR count). The van der Waals surface area contributed by atoms with E-state index < -0.39 is 5.91 Å². The van der Waals surface area contributed by atoms with Crippen molar-refractivity contribution in [1.82, 2.24) is 19.4 Å². The number of aromatic nitrogens is 3. The van der Waals surface area contributed by atoms with Gasteiger partial charge in [-0.2, -0.15) is 4.99 Å². The first-order valence-electron chi connectivity index (χ1n) is 13.6. The Labute approximate surface area is 232 Å². The van der Waals surface area contributed by atoms with Gasteiger partial charge in [-0.05, 0) is 30.7 Å². The number of anilines is 2. The molecule has 2 N–H and O–H groups in total. The highest BCUT2D eigenvalue weighted by atomic mass is 16.5. The van der Waals surface area contributed by atoms with E-state index >= 15 is 0 Å². The van der Waals surface area contributed by atoms with Gasteiger partial charge in [-0.1, -0.05) is 13.8 Å². The van der Waals surface area contributed by atoms with Crippen LogP contribution in [-0.2, 0) is 16.1 Å². The Bertz CT molecular complexity index is 1450. The van der Waals surface area contributed by atoms with Crippen LogP contribution in [0, 0.1) is 5.92 Å². The van der Waals surface area contributed by atoms with Gasteiger partial charge in [0.25, 0.3) is 5.91 Å².